The minimum absolute atomic E-state index is 0.366. The third-order valence-corrected chi connectivity index (χ3v) is 2.69. The van der Waals surface area contributed by atoms with Gasteiger partial charge in [-0.2, -0.15) is 0 Å². The van der Waals surface area contributed by atoms with Gasteiger partial charge in [-0.3, -0.25) is 0 Å². The van der Waals surface area contributed by atoms with Crippen LogP contribution in [-0.4, -0.2) is 24.8 Å². The van der Waals surface area contributed by atoms with Crippen LogP contribution in [0.3, 0.4) is 0 Å². The number of ether oxygens (including phenoxy) is 1. The molecule has 20 heavy (non-hydrogen) atoms. The van der Waals surface area contributed by atoms with Gasteiger partial charge in [-0.1, -0.05) is 23.7 Å². The summed E-state index contributed by atoms with van der Waals surface area (Å²) >= 11 is 5.82. The number of hydrogen-bond donors (Lipinski definition) is 2. The largest absolute Gasteiger partial charge is 0.444 e. The van der Waals surface area contributed by atoms with Crippen LogP contribution in [0.25, 0.3) is 0 Å². The van der Waals surface area contributed by atoms with Gasteiger partial charge in [0.1, 0.15) is 5.60 Å². The first-order valence-corrected chi connectivity index (χ1v) is 7.16. The number of amides is 1. The van der Waals surface area contributed by atoms with E-state index < -0.39 is 5.60 Å². The van der Waals surface area contributed by atoms with Crippen LogP contribution < -0.4 is 10.6 Å². The van der Waals surface area contributed by atoms with Crippen molar-refractivity contribution in [1.82, 2.24) is 10.6 Å². The molecule has 0 heterocycles. The number of alkyl carbamates (subject to hydrolysis) is 1. The third-order valence-electron chi connectivity index (χ3n) is 2.44. The molecule has 0 aromatic heterocycles. The first kappa shape index (κ1) is 16.8. The molecule has 0 spiro atoms. The first-order chi connectivity index (χ1) is 9.37. The zero-order valence-electron chi connectivity index (χ0n) is 12.3. The van der Waals surface area contributed by atoms with Crippen molar-refractivity contribution in [3.63, 3.8) is 0 Å². The van der Waals surface area contributed by atoms with Crippen molar-refractivity contribution in [3.05, 3.63) is 34.9 Å². The highest BCUT2D eigenvalue weighted by molar-refractivity contribution is 6.30. The third kappa shape index (κ3) is 8.02. The predicted molar refractivity (Wildman–Crippen MR) is 82.0 cm³/mol. The fourth-order valence-corrected chi connectivity index (χ4v) is 1.68. The summed E-state index contributed by atoms with van der Waals surface area (Å²) in [6.45, 7) is 7.77. The zero-order chi connectivity index (χ0) is 15.0. The SMILES string of the molecule is CC(C)(C)OC(=O)NCCCNCc1ccc(Cl)cc1. The molecule has 5 heteroatoms. The molecule has 0 unspecified atom stereocenters. The maximum absolute atomic E-state index is 11.4. The van der Waals surface area contributed by atoms with E-state index >= 15 is 0 Å². The van der Waals surface area contributed by atoms with Gasteiger partial charge in [-0.05, 0) is 51.4 Å². The molecule has 0 fully saturated rings. The Balaban J connectivity index is 2.05. The summed E-state index contributed by atoms with van der Waals surface area (Å²) in [4.78, 5) is 11.4. The first-order valence-electron chi connectivity index (χ1n) is 6.79. The summed E-state index contributed by atoms with van der Waals surface area (Å²) in [7, 11) is 0. The Bertz CT molecular complexity index is 413. The molecular weight excluding hydrogens is 276 g/mol. The second-order valence-electron chi connectivity index (χ2n) is 5.59. The van der Waals surface area contributed by atoms with Crippen LogP contribution in [-0.2, 0) is 11.3 Å². The van der Waals surface area contributed by atoms with E-state index in [1.54, 1.807) is 0 Å². The van der Waals surface area contributed by atoms with Gasteiger partial charge in [-0.25, -0.2) is 4.79 Å². The molecule has 0 atom stereocenters. The number of carbonyl (C=O) groups is 1. The number of nitrogens with one attached hydrogen (secondary N) is 2. The van der Waals surface area contributed by atoms with Crippen LogP contribution in [0.2, 0.25) is 5.02 Å². The zero-order valence-corrected chi connectivity index (χ0v) is 13.1. The van der Waals surface area contributed by atoms with Crippen LogP contribution in [0.4, 0.5) is 4.79 Å². The Morgan fingerprint density at radius 1 is 1.20 bits per heavy atom. The van der Waals surface area contributed by atoms with Crippen molar-refractivity contribution in [3.8, 4) is 0 Å². The highest BCUT2D eigenvalue weighted by Gasteiger charge is 2.15. The minimum atomic E-state index is -0.448. The second kappa shape index (κ2) is 8.12. The molecule has 2 N–H and O–H groups in total. The number of halogens is 1. The Hall–Kier alpha value is -1.26. The number of carbonyl (C=O) groups excluding carboxylic acids is 1. The predicted octanol–water partition coefficient (Wildman–Crippen LogP) is 3.34. The summed E-state index contributed by atoms with van der Waals surface area (Å²) < 4.78 is 5.14. The number of rotatable bonds is 6. The fraction of sp³-hybridized carbons (Fsp3) is 0.533. The van der Waals surface area contributed by atoms with E-state index in [1.165, 1.54) is 5.56 Å². The van der Waals surface area contributed by atoms with E-state index in [2.05, 4.69) is 10.6 Å². The molecule has 1 aromatic rings. The topological polar surface area (TPSA) is 50.4 Å². The highest BCUT2D eigenvalue weighted by Crippen LogP contribution is 2.09. The van der Waals surface area contributed by atoms with E-state index in [9.17, 15) is 4.79 Å². The molecule has 0 bridgehead atoms. The number of benzene rings is 1. The molecule has 1 rings (SSSR count). The van der Waals surface area contributed by atoms with Gasteiger partial charge >= 0.3 is 6.09 Å². The lowest BCUT2D eigenvalue weighted by atomic mass is 10.2. The summed E-state index contributed by atoms with van der Waals surface area (Å²) in [5, 5.41) is 6.78. The fourth-order valence-electron chi connectivity index (χ4n) is 1.55. The minimum Gasteiger partial charge on any atom is -0.444 e. The summed E-state index contributed by atoms with van der Waals surface area (Å²) in [6, 6.07) is 7.74. The van der Waals surface area contributed by atoms with Crippen molar-refractivity contribution in [2.24, 2.45) is 0 Å². The molecule has 112 valence electrons. The van der Waals surface area contributed by atoms with E-state index in [-0.39, 0.29) is 6.09 Å². The van der Waals surface area contributed by atoms with Crippen LogP contribution in [0, 0.1) is 0 Å². The van der Waals surface area contributed by atoms with E-state index in [4.69, 9.17) is 16.3 Å². The van der Waals surface area contributed by atoms with Crippen molar-refractivity contribution in [1.29, 1.82) is 0 Å². The molecule has 1 amide bonds. The Labute approximate surface area is 125 Å². The lowest BCUT2D eigenvalue weighted by Gasteiger charge is -2.19. The average molecular weight is 299 g/mol. The highest BCUT2D eigenvalue weighted by atomic mass is 35.5. The maximum Gasteiger partial charge on any atom is 0.407 e. The van der Waals surface area contributed by atoms with E-state index in [0.717, 1.165) is 24.5 Å². The van der Waals surface area contributed by atoms with Gasteiger partial charge in [0.15, 0.2) is 0 Å². The summed E-state index contributed by atoms with van der Waals surface area (Å²) in [6.07, 6.45) is 0.488. The molecule has 0 aliphatic heterocycles. The van der Waals surface area contributed by atoms with Crippen molar-refractivity contribution < 1.29 is 9.53 Å². The van der Waals surface area contributed by atoms with Gasteiger partial charge in [-0.15, -0.1) is 0 Å². The monoisotopic (exact) mass is 298 g/mol. The standard InChI is InChI=1S/C15H23ClN2O2/c1-15(2,3)20-14(19)18-10-4-9-17-11-12-5-7-13(16)8-6-12/h5-8,17H,4,9-11H2,1-3H3,(H,18,19). The molecular formula is C15H23ClN2O2. The van der Waals surface area contributed by atoms with Crippen molar-refractivity contribution in [2.75, 3.05) is 13.1 Å². The average Bonchev–Trinajstić information content (AvgIpc) is 2.33. The van der Waals surface area contributed by atoms with Gasteiger partial charge in [0.05, 0.1) is 0 Å². The van der Waals surface area contributed by atoms with Crippen LogP contribution in [0.1, 0.15) is 32.8 Å². The van der Waals surface area contributed by atoms with Crippen LogP contribution in [0.5, 0.6) is 0 Å². The van der Waals surface area contributed by atoms with Gasteiger partial charge in [0.2, 0.25) is 0 Å². The Morgan fingerprint density at radius 3 is 2.45 bits per heavy atom. The van der Waals surface area contributed by atoms with E-state index in [0.29, 0.717) is 6.54 Å². The van der Waals surface area contributed by atoms with Crippen LogP contribution in [0.15, 0.2) is 24.3 Å². The van der Waals surface area contributed by atoms with Crippen molar-refractivity contribution in [2.45, 2.75) is 39.3 Å². The van der Waals surface area contributed by atoms with E-state index in [1.807, 2.05) is 45.0 Å². The van der Waals surface area contributed by atoms with Gasteiger partial charge in [0.25, 0.3) is 0 Å². The number of hydrogen-bond acceptors (Lipinski definition) is 3. The lowest BCUT2D eigenvalue weighted by molar-refractivity contribution is 0.0527. The molecule has 0 saturated heterocycles. The lowest BCUT2D eigenvalue weighted by Crippen LogP contribution is -2.33. The summed E-state index contributed by atoms with van der Waals surface area (Å²) in [5.74, 6) is 0. The molecule has 0 aliphatic carbocycles. The van der Waals surface area contributed by atoms with Gasteiger partial charge in [0, 0.05) is 18.1 Å². The Morgan fingerprint density at radius 2 is 1.85 bits per heavy atom. The normalized spacial score (nSPS) is 11.2. The second-order valence-corrected chi connectivity index (χ2v) is 6.02. The maximum atomic E-state index is 11.4. The van der Waals surface area contributed by atoms with Gasteiger partial charge < -0.3 is 15.4 Å². The molecule has 4 nitrogen and oxygen atoms in total. The molecule has 0 saturated carbocycles. The molecule has 0 aliphatic rings. The van der Waals surface area contributed by atoms with Crippen molar-refractivity contribution >= 4 is 17.7 Å². The Kier molecular flexibility index (Phi) is 6.82. The van der Waals surface area contributed by atoms with Crippen LogP contribution >= 0.6 is 11.6 Å². The quantitative estimate of drug-likeness (QED) is 0.792. The molecule has 1 aromatic carbocycles. The molecule has 0 radical (unpaired) electrons. The summed E-state index contributed by atoms with van der Waals surface area (Å²) in [5.41, 5.74) is 0.742. The smallest absolute Gasteiger partial charge is 0.407 e.